The van der Waals surface area contributed by atoms with Gasteiger partial charge in [0.15, 0.2) is 0 Å². The maximum absolute atomic E-state index is 4.43. The largest absolute Gasteiger partial charge is 0.363 e. The number of nitrogens with one attached hydrogen (secondary N) is 1. The predicted octanol–water partition coefficient (Wildman–Crippen LogP) is 2.16. The fraction of sp³-hybridized carbons (Fsp3) is 0.364. The van der Waals surface area contributed by atoms with E-state index in [-0.39, 0.29) is 24.8 Å². The summed E-state index contributed by atoms with van der Waals surface area (Å²) >= 11 is 0. The van der Waals surface area contributed by atoms with Gasteiger partial charge in [-0.3, -0.25) is 4.99 Å². The molecule has 0 unspecified atom stereocenters. The summed E-state index contributed by atoms with van der Waals surface area (Å²) in [5.74, 6) is 0. The molecular formula is C11H15Cl2N3. The molecule has 1 aromatic rings. The van der Waals surface area contributed by atoms with Crippen molar-refractivity contribution in [1.29, 1.82) is 0 Å². The molecule has 88 valence electrons. The Morgan fingerprint density at radius 2 is 2.12 bits per heavy atom. The number of anilines is 1. The molecule has 16 heavy (non-hydrogen) atoms. The number of nitrogens with zero attached hydrogens (tertiary/aromatic N) is 2. The van der Waals surface area contributed by atoms with Crippen LogP contribution in [0.5, 0.6) is 0 Å². The van der Waals surface area contributed by atoms with E-state index in [4.69, 9.17) is 0 Å². The Morgan fingerprint density at radius 3 is 3.00 bits per heavy atom. The molecule has 0 saturated heterocycles. The second-order valence-corrected chi connectivity index (χ2v) is 3.72. The smallest absolute Gasteiger partial charge is 0.0863 e. The number of hydrogen-bond acceptors (Lipinski definition) is 3. The maximum atomic E-state index is 4.43. The Bertz CT molecular complexity index is 393. The molecule has 3 nitrogen and oxygen atoms in total. The van der Waals surface area contributed by atoms with E-state index in [2.05, 4.69) is 33.4 Å². The minimum absolute atomic E-state index is 0. The van der Waals surface area contributed by atoms with Gasteiger partial charge >= 0.3 is 0 Å². The van der Waals surface area contributed by atoms with Crippen molar-refractivity contribution in [3.05, 3.63) is 23.8 Å². The van der Waals surface area contributed by atoms with Gasteiger partial charge in [0, 0.05) is 25.8 Å². The zero-order valence-electron chi connectivity index (χ0n) is 8.85. The number of halogens is 2. The van der Waals surface area contributed by atoms with E-state index in [1.54, 1.807) is 0 Å². The van der Waals surface area contributed by atoms with Crippen molar-refractivity contribution in [2.24, 2.45) is 4.99 Å². The second-order valence-electron chi connectivity index (χ2n) is 3.72. The minimum atomic E-state index is 0. The fourth-order valence-electron chi connectivity index (χ4n) is 2.16. The standard InChI is InChI=1S/C11H13N3.2ClH/c1-2-9-8-12-4-6-14-7-5-13-10(3-1)11(9)14;;/h1-3,5,12H,4,6-8H2;2*1H. The molecule has 3 rings (SSSR count). The highest BCUT2D eigenvalue weighted by atomic mass is 35.5. The summed E-state index contributed by atoms with van der Waals surface area (Å²) in [4.78, 5) is 6.83. The highest BCUT2D eigenvalue weighted by molar-refractivity contribution is 5.85. The van der Waals surface area contributed by atoms with Crippen LogP contribution in [0, 0.1) is 0 Å². The van der Waals surface area contributed by atoms with E-state index in [0.717, 1.165) is 31.9 Å². The molecule has 0 amide bonds. The van der Waals surface area contributed by atoms with E-state index >= 15 is 0 Å². The molecule has 1 N–H and O–H groups in total. The lowest BCUT2D eigenvalue weighted by atomic mass is 10.1. The molecule has 0 saturated carbocycles. The Balaban J connectivity index is 0.000000640. The molecule has 0 atom stereocenters. The zero-order valence-corrected chi connectivity index (χ0v) is 10.5. The summed E-state index contributed by atoms with van der Waals surface area (Å²) in [6.07, 6.45) is 2.00. The normalized spacial score (nSPS) is 16.6. The topological polar surface area (TPSA) is 27.6 Å². The number of aliphatic imine (C=N–C) groups is 1. The van der Waals surface area contributed by atoms with Crippen LogP contribution in [0.2, 0.25) is 0 Å². The van der Waals surface area contributed by atoms with Crippen LogP contribution in [0.15, 0.2) is 23.2 Å². The van der Waals surface area contributed by atoms with Crippen LogP contribution < -0.4 is 10.2 Å². The van der Waals surface area contributed by atoms with E-state index in [1.807, 2.05) is 6.21 Å². The number of para-hydroxylation sites is 1. The highest BCUT2D eigenvalue weighted by Crippen LogP contribution is 2.34. The molecule has 0 aliphatic carbocycles. The van der Waals surface area contributed by atoms with Crippen LogP contribution in [-0.4, -0.2) is 25.8 Å². The van der Waals surface area contributed by atoms with Gasteiger partial charge in [0.2, 0.25) is 0 Å². The number of benzene rings is 1. The van der Waals surface area contributed by atoms with Crippen LogP contribution in [0.3, 0.4) is 0 Å². The summed E-state index contributed by atoms with van der Waals surface area (Å²) < 4.78 is 0. The van der Waals surface area contributed by atoms with Gasteiger partial charge < -0.3 is 10.2 Å². The third-order valence-electron chi connectivity index (χ3n) is 2.82. The van der Waals surface area contributed by atoms with Crippen LogP contribution in [0.1, 0.15) is 5.56 Å². The summed E-state index contributed by atoms with van der Waals surface area (Å²) in [6.45, 7) is 4.05. The SMILES string of the molecule is C1=Nc2cccc3c2N(C1)CCNC3.Cl.Cl. The lowest BCUT2D eigenvalue weighted by Crippen LogP contribution is -2.31. The molecule has 1 aromatic carbocycles. The van der Waals surface area contributed by atoms with E-state index < -0.39 is 0 Å². The summed E-state index contributed by atoms with van der Waals surface area (Å²) in [7, 11) is 0. The molecule has 0 radical (unpaired) electrons. The molecule has 0 bridgehead atoms. The fourth-order valence-corrected chi connectivity index (χ4v) is 2.16. The van der Waals surface area contributed by atoms with Gasteiger partial charge in [0.25, 0.3) is 0 Å². The van der Waals surface area contributed by atoms with E-state index in [0.29, 0.717) is 0 Å². The van der Waals surface area contributed by atoms with Gasteiger partial charge in [-0.05, 0) is 11.6 Å². The molecule has 2 aliphatic heterocycles. The molecule has 0 spiro atoms. The van der Waals surface area contributed by atoms with Crippen molar-refractivity contribution >= 4 is 42.4 Å². The van der Waals surface area contributed by atoms with Crippen molar-refractivity contribution in [2.45, 2.75) is 6.54 Å². The Morgan fingerprint density at radius 1 is 1.25 bits per heavy atom. The van der Waals surface area contributed by atoms with Crippen LogP contribution >= 0.6 is 24.8 Å². The second kappa shape index (κ2) is 5.53. The Hall–Kier alpha value is -0.770. The van der Waals surface area contributed by atoms with E-state index in [1.165, 1.54) is 11.3 Å². The molecule has 0 aromatic heterocycles. The average Bonchev–Trinajstić information content (AvgIpc) is 2.44. The number of rotatable bonds is 0. The van der Waals surface area contributed by atoms with E-state index in [9.17, 15) is 0 Å². The van der Waals surface area contributed by atoms with Crippen molar-refractivity contribution in [2.75, 3.05) is 24.5 Å². The first-order valence-electron chi connectivity index (χ1n) is 5.05. The predicted molar refractivity (Wildman–Crippen MR) is 73.0 cm³/mol. The van der Waals surface area contributed by atoms with Crippen molar-refractivity contribution < 1.29 is 0 Å². The van der Waals surface area contributed by atoms with Gasteiger partial charge in [0.05, 0.1) is 17.9 Å². The quantitative estimate of drug-likeness (QED) is 0.774. The summed E-state index contributed by atoms with van der Waals surface area (Å²) in [5.41, 5.74) is 3.83. The van der Waals surface area contributed by atoms with Gasteiger partial charge in [-0.25, -0.2) is 0 Å². The Kier molecular flexibility index (Phi) is 4.59. The maximum Gasteiger partial charge on any atom is 0.0863 e. The third-order valence-corrected chi connectivity index (χ3v) is 2.82. The van der Waals surface area contributed by atoms with Crippen LogP contribution in [0.4, 0.5) is 11.4 Å². The lowest BCUT2D eigenvalue weighted by Gasteiger charge is -2.27. The van der Waals surface area contributed by atoms with Gasteiger partial charge in [-0.15, -0.1) is 24.8 Å². The molecule has 2 heterocycles. The summed E-state index contributed by atoms with van der Waals surface area (Å²) in [6, 6.07) is 6.36. The van der Waals surface area contributed by atoms with Crippen LogP contribution in [-0.2, 0) is 6.54 Å². The lowest BCUT2D eigenvalue weighted by molar-refractivity contribution is 0.703. The molecule has 2 aliphatic rings. The van der Waals surface area contributed by atoms with Crippen molar-refractivity contribution in [3.63, 3.8) is 0 Å². The van der Waals surface area contributed by atoms with Gasteiger partial charge in [0.1, 0.15) is 0 Å². The van der Waals surface area contributed by atoms with Gasteiger partial charge in [-0.2, -0.15) is 0 Å². The monoisotopic (exact) mass is 259 g/mol. The molecule has 5 heteroatoms. The first kappa shape index (κ1) is 13.3. The summed E-state index contributed by atoms with van der Waals surface area (Å²) in [5, 5.41) is 3.43. The third kappa shape index (κ3) is 2.17. The van der Waals surface area contributed by atoms with Crippen molar-refractivity contribution in [3.8, 4) is 0 Å². The van der Waals surface area contributed by atoms with Crippen molar-refractivity contribution in [1.82, 2.24) is 5.32 Å². The zero-order chi connectivity index (χ0) is 9.38. The molecule has 0 fully saturated rings. The van der Waals surface area contributed by atoms with Crippen LogP contribution in [0.25, 0.3) is 0 Å². The minimum Gasteiger partial charge on any atom is -0.363 e. The first-order chi connectivity index (χ1) is 6.95. The number of hydrogen-bond donors (Lipinski definition) is 1. The molecular weight excluding hydrogens is 245 g/mol. The first-order valence-corrected chi connectivity index (χ1v) is 5.05. The average molecular weight is 260 g/mol. The highest BCUT2D eigenvalue weighted by Gasteiger charge is 2.19. The van der Waals surface area contributed by atoms with Gasteiger partial charge in [-0.1, -0.05) is 12.1 Å². The Labute approximate surface area is 108 Å².